The van der Waals surface area contributed by atoms with Crippen molar-refractivity contribution < 1.29 is 0 Å². The Kier molecular flexibility index (Phi) is 4.85. The Balaban J connectivity index is 2.26. The maximum atomic E-state index is 6.06. The van der Waals surface area contributed by atoms with Crippen molar-refractivity contribution in [2.45, 2.75) is 6.92 Å². The molecule has 0 aliphatic rings. The van der Waals surface area contributed by atoms with Gasteiger partial charge in [0.15, 0.2) is 5.82 Å². The highest BCUT2D eigenvalue weighted by Gasteiger charge is 2.06. The average Bonchev–Trinajstić information content (AvgIpc) is 2.38. The fraction of sp³-hybridized carbons (Fsp3) is 0.167. The van der Waals surface area contributed by atoms with Crippen molar-refractivity contribution in [1.82, 2.24) is 9.97 Å². The summed E-state index contributed by atoms with van der Waals surface area (Å²) < 4.78 is 0.802. The first-order valence-electron chi connectivity index (χ1n) is 5.58. The molecule has 0 atom stereocenters. The molecule has 0 amide bonds. The van der Waals surface area contributed by atoms with Gasteiger partial charge in [-0.2, -0.15) is 4.98 Å². The number of anilines is 3. The number of benzene rings is 1. The number of hydrogen-bond donors (Lipinski definition) is 2. The topological polar surface area (TPSA) is 49.8 Å². The van der Waals surface area contributed by atoms with E-state index in [1.165, 1.54) is 0 Å². The first-order valence-corrected chi connectivity index (χ1v) is 7.13. The summed E-state index contributed by atoms with van der Waals surface area (Å²) in [5.41, 5.74) is 0.833. The molecule has 0 bridgehead atoms. The first-order chi connectivity index (χ1) is 9.10. The zero-order chi connectivity index (χ0) is 13.8. The Labute approximate surface area is 129 Å². The Morgan fingerprint density at radius 3 is 2.74 bits per heavy atom. The van der Waals surface area contributed by atoms with E-state index in [1.54, 1.807) is 12.3 Å². The van der Waals surface area contributed by atoms with E-state index in [4.69, 9.17) is 23.2 Å². The molecular formula is C12H11BrCl2N4. The molecule has 100 valence electrons. The molecule has 0 saturated heterocycles. The molecule has 1 aromatic heterocycles. The summed E-state index contributed by atoms with van der Waals surface area (Å²) in [6, 6.07) is 5.49. The van der Waals surface area contributed by atoms with Gasteiger partial charge in [0.2, 0.25) is 5.95 Å². The molecule has 0 saturated carbocycles. The number of nitrogens with one attached hydrogen (secondary N) is 2. The molecule has 1 heterocycles. The molecule has 1 aromatic carbocycles. The van der Waals surface area contributed by atoms with Crippen molar-refractivity contribution in [3.05, 3.63) is 38.9 Å². The number of hydrogen-bond acceptors (Lipinski definition) is 4. The molecule has 4 nitrogen and oxygen atoms in total. The van der Waals surface area contributed by atoms with Crippen molar-refractivity contribution in [2.24, 2.45) is 0 Å². The van der Waals surface area contributed by atoms with Crippen molar-refractivity contribution in [3.8, 4) is 0 Å². The van der Waals surface area contributed by atoms with Gasteiger partial charge in [-0.05, 0) is 41.1 Å². The number of aromatic nitrogens is 2. The van der Waals surface area contributed by atoms with E-state index in [2.05, 4.69) is 36.5 Å². The lowest BCUT2D eigenvalue weighted by molar-refractivity contribution is 1.09. The van der Waals surface area contributed by atoms with Gasteiger partial charge in [-0.15, -0.1) is 0 Å². The van der Waals surface area contributed by atoms with Gasteiger partial charge < -0.3 is 10.6 Å². The molecule has 0 spiro atoms. The van der Waals surface area contributed by atoms with Gasteiger partial charge in [-0.3, -0.25) is 0 Å². The maximum Gasteiger partial charge on any atom is 0.224 e. The van der Waals surface area contributed by atoms with Gasteiger partial charge in [-0.25, -0.2) is 4.98 Å². The third-order valence-electron chi connectivity index (χ3n) is 2.26. The van der Waals surface area contributed by atoms with Crippen LogP contribution in [0.3, 0.4) is 0 Å². The summed E-state index contributed by atoms with van der Waals surface area (Å²) in [6.07, 6.45) is 1.56. The van der Waals surface area contributed by atoms with Crippen molar-refractivity contribution in [2.75, 3.05) is 17.2 Å². The summed E-state index contributed by atoms with van der Waals surface area (Å²) in [4.78, 5) is 8.37. The Morgan fingerprint density at radius 2 is 2.05 bits per heavy atom. The third-order valence-corrected chi connectivity index (χ3v) is 3.75. The fourth-order valence-electron chi connectivity index (χ4n) is 1.41. The lowest BCUT2D eigenvalue weighted by atomic mass is 10.3. The van der Waals surface area contributed by atoms with Crippen LogP contribution in [0.2, 0.25) is 10.0 Å². The minimum Gasteiger partial charge on any atom is -0.354 e. The second-order valence-corrected chi connectivity index (χ2v) is 5.34. The van der Waals surface area contributed by atoms with Gasteiger partial charge in [0.05, 0.1) is 11.2 Å². The van der Waals surface area contributed by atoms with E-state index in [0.29, 0.717) is 21.8 Å². The second kappa shape index (κ2) is 6.41. The Hall–Kier alpha value is -1.04. The van der Waals surface area contributed by atoms with Crippen LogP contribution in [0.15, 0.2) is 28.9 Å². The lowest BCUT2D eigenvalue weighted by Crippen LogP contribution is -2.04. The normalized spacial score (nSPS) is 10.3. The summed E-state index contributed by atoms with van der Waals surface area (Å²) in [5, 5.41) is 7.26. The molecule has 2 aromatic rings. The average molecular weight is 362 g/mol. The Morgan fingerprint density at radius 1 is 1.26 bits per heavy atom. The molecule has 0 aliphatic heterocycles. The molecule has 7 heteroatoms. The molecule has 0 fully saturated rings. The molecule has 19 heavy (non-hydrogen) atoms. The van der Waals surface area contributed by atoms with E-state index in [0.717, 1.165) is 16.7 Å². The maximum absolute atomic E-state index is 6.06. The third kappa shape index (κ3) is 3.72. The minimum atomic E-state index is 0.452. The van der Waals surface area contributed by atoms with Crippen LogP contribution in [-0.2, 0) is 0 Å². The summed E-state index contributed by atoms with van der Waals surface area (Å²) in [6.45, 7) is 2.72. The van der Waals surface area contributed by atoms with Gasteiger partial charge in [0.1, 0.15) is 5.02 Å². The quantitative estimate of drug-likeness (QED) is 0.827. The van der Waals surface area contributed by atoms with E-state index < -0.39 is 0 Å². The van der Waals surface area contributed by atoms with Crippen LogP contribution in [-0.4, -0.2) is 16.5 Å². The van der Waals surface area contributed by atoms with E-state index in [1.807, 2.05) is 19.1 Å². The predicted octanol–water partition coefficient (Wildman–Crippen LogP) is 4.72. The highest BCUT2D eigenvalue weighted by atomic mass is 79.9. The smallest absolute Gasteiger partial charge is 0.224 e. The monoisotopic (exact) mass is 360 g/mol. The fourth-order valence-corrected chi connectivity index (χ4v) is 2.04. The second-order valence-electron chi connectivity index (χ2n) is 3.67. The predicted molar refractivity (Wildman–Crippen MR) is 83.6 cm³/mol. The summed E-state index contributed by atoms with van der Waals surface area (Å²) in [7, 11) is 0. The van der Waals surface area contributed by atoms with Gasteiger partial charge in [0, 0.05) is 16.7 Å². The van der Waals surface area contributed by atoms with Crippen LogP contribution in [0.5, 0.6) is 0 Å². The van der Waals surface area contributed by atoms with Crippen LogP contribution < -0.4 is 10.6 Å². The molecule has 2 rings (SSSR count). The SMILES string of the molecule is CCNc1ncc(Cl)c(Nc2ccc(Cl)c(Br)c2)n1. The van der Waals surface area contributed by atoms with Crippen molar-refractivity contribution >= 4 is 56.6 Å². The number of nitrogens with zero attached hydrogens (tertiary/aromatic N) is 2. The zero-order valence-electron chi connectivity index (χ0n) is 10.0. The van der Waals surface area contributed by atoms with Crippen LogP contribution >= 0.6 is 39.1 Å². The van der Waals surface area contributed by atoms with Crippen LogP contribution in [0.1, 0.15) is 6.92 Å². The Bertz CT molecular complexity index is 592. The largest absolute Gasteiger partial charge is 0.354 e. The highest BCUT2D eigenvalue weighted by Crippen LogP contribution is 2.29. The van der Waals surface area contributed by atoms with Gasteiger partial charge in [-0.1, -0.05) is 23.2 Å². The molecular weight excluding hydrogens is 351 g/mol. The summed E-state index contributed by atoms with van der Waals surface area (Å²) >= 11 is 15.4. The van der Waals surface area contributed by atoms with Crippen LogP contribution in [0.4, 0.5) is 17.5 Å². The van der Waals surface area contributed by atoms with Crippen LogP contribution in [0, 0.1) is 0 Å². The molecule has 0 unspecified atom stereocenters. The first kappa shape index (κ1) is 14.4. The molecule has 0 radical (unpaired) electrons. The van der Waals surface area contributed by atoms with Crippen molar-refractivity contribution in [1.29, 1.82) is 0 Å². The standard InChI is InChI=1S/C12H11BrCl2N4/c1-2-16-12-17-6-10(15)11(19-12)18-7-3-4-9(14)8(13)5-7/h3-6H,2H2,1H3,(H2,16,17,18,19). The van der Waals surface area contributed by atoms with E-state index >= 15 is 0 Å². The van der Waals surface area contributed by atoms with Crippen LogP contribution in [0.25, 0.3) is 0 Å². The lowest BCUT2D eigenvalue weighted by Gasteiger charge is -2.10. The van der Waals surface area contributed by atoms with Gasteiger partial charge >= 0.3 is 0 Å². The minimum absolute atomic E-state index is 0.452. The molecule has 2 N–H and O–H groups in total. The highest BCUT2D eigenvalue weighted by molar-refractivity contribution is 9.10. The zero-order valence-corrected chi connectivity index (χ0v) is 13.1. The summed E-state index contributed by atoms with van der Waals surface area (Å²) in [5.74, 6) is 1.07. The van der Waals surface area contributed by atoms with E-state index in [-0.39, 0.29) is 0 Å². The van der Waals surface area contributed by atoms with Gasteiger partial charge in [0.25, 0.3) is 0 Å². The van der Waals surface area contributed by atoms with Crippen molar-refractivity contribution in [3.63, 3.8) is 0 Å². The molecule has 0 aliphatic carbocycles. The van der Waals surface area contributed by atoms with E-state index in [9.17, 15) is 0 Å². The number of halogens is 3. The number of rotatable bonds is 4.